The summed E-state index contributed by atoms with van der Waals surface area (Å²) in [6.07, 6.45) is 3.57. The molecule has 5 nitrogen and oxygen atoms in total. The molecule has 3 fully saturated rings. The van der Waals surface area contributed by atoms with Crippen LogP contribution in [0, 0.1) is 23.7 Å². The van der Waals surface area contributed by atoms with Gasteiger partial charge < -0.3 is 5.11 Å². The maximum absolute atomic E-state index is 12.2. The van der Waals surface area contributed by atoms with Gasteiger partial charge in [-0.25, -0.2) is 0 Å². The van der Waals surface area contributed by atoms with Crippen LogP contribution in [0.3, 0.4) is 0 Å². The van der Waals surface area contributed by atoms with E-state index in [9.17, 15) is 14.4 Å². The van der Waals surface area contributed by atoms with E-state index >= 15 is 0 Å². The van der Waals surface area contributed by atoms with Crippen LogP contribution in [0.5, 0.6) is 0 Å². The normalized spacial score (nSPS) is 37.4. The molecule has 2 saturated carbocycles. The SMILES string of the molecule is O=C(O)CCCN1C(=O)[C@@H]2[C@H]3CC[C@@H](C3)[C@H]2C1=O. The fourth-order valence-electron chi connectivity index (χ4n) is 4.08. The van der Waals surface area contributed by atoms with Crippen molar-refractivity contribution in [1.82, 2.24) is 4.90 Å². The Morgan fingerprint density at radius 3 is 2.22 bits per heavy atom. The van der Waals surface area contributed by atoms with Crippen molar-refractivity contribution in [3.8, 4) is 0 Å². The first kappa shape index (κ1) is 11.7. The van der Waals surface area contributed by atoms with Crippen molar-refractivity contribution >= 4 is 17.8 Å². The predicted molar refractivity (Wildman–Crippen MR) is 61.4 cm³/mol. The molecule has 1 N–H and O–H groups in total. The standard InChI is InChI=1S/C13H17NO4/c15-9(16)2-1-5-14-12(17)10-7-3-4-8(6-7)11(10)13(14)18/h7-8,10-11H,1-6H2,(H,15,16)/t7-,8-,10+,11+/m0/s1. The van der Waals surface area contributed by atoms with Crippen LogP contribution in [0.15, 0.2) is 0 Å². The van der Waals surface area contributed by atoms with Gasteiger partial charge in [0, 0.05) is 13.0 Å². The van der Waals surface area contributed by atoms with E-state index < -0.39 is 5.97 Å². The lowest BCUT2D eigenvalue weighted by Gasteiger charge is -2.19. The first-order chi connectivity index (χ1) is 8.59. The zero-order valence-electron chi connectivity index (χ0n) is 10.2. The molecule has 2 bridgehead atoms. The van der Waals surface area contributed by atoms with Gasteiger partial charge in [0.25, 0.3) is 0 Å². The van der Waals surface area contributed by atoms with E-state index in [1.165, 1.54) is 4.90 Å². The molecular formula is C13H17NO4. The topological polar surface area (TPSA) is 74.7 Å². The van der Waals surface area contributed by atoms with E-state index in [1.54, 1.807) is 0 Å². The average Bonchev–Trinajstić information content (AvgIpc) is 2.97. The number of hydrogen-bond donors (Lipinski definition) is 1. The highest BCUT2D eigenvalue weighted by Crippen LogP contribution is 2.56. The first-order valence-electron chi connectivity index (χ1n) is 6.66. The Morgan fingerprint density at radius 1 is 1.17 bits per heavy atom. The van der Waals surface area contributed by atoms with E-state index in [0.717, 1.165) is 19.3 Å². The van der Waals surface area contributed by atoms with Gasteiger partial charge in [-0.15, -0.1) is 0 Å². The number of carboxylic acid groups (broad SMARTS) is 1. The molecule has 0 aromatic rings. The lowest BCUT2D eigenvalue weighted by molar-refractivity contribution is -0.142. The molecule has 2 aliphatic carbocycles. The van der Waals surface area contributed by atoms with Gasteiger partial charge in [-0.3, -0.25) is 19.3 Å². The van der Waals surface area contributed by atoms with Crippen molar-refractivity contribution in [3.05, 3.63) is 0 Å². The average molecular weight is 251 g/mol. The second-order valence-corrected chi connectivity index (χ2v) is 5.71. The van der Waals surface area contributed by atoms with Crippen LogP contribution in [0.2, 0.25) is 0 Å². The molecule has 0 aromatic carbocycles. The summed E-state index contributed by atoms with van der Waals surface area (Å²) < 4.78 is 0. The number of carbonyl (C=O) groups is 3. The number of carbonyl (C=O) groups excluding carboxylic acids is 2. The van der Waals surface area contributed by atoms with E-state index in [2.05, 4.69) is 0 Å². The van der Waals surface area contributed by atoms with E-state index in [-0.39, 0.29) is 36.6 Å². The third kappa shape index (κ3) is 1.56. The van der Waals surface area contributed by atoms with Gasteiger partial charge in [0.2, 0.25) is 11.8 Å². The van der Waals surface area contributed by atoms with Gasteiger partial charge in [-0.1, -0.05) is 0 Å². The van der Waals surface area contributed by atoms with Gasteiger partial charge >= 0.3 is 5.97 Å². The Morgan fingerprint density at radius 2 is 1.72 bits per heavy atom. The zero-order chi connectivity index (χ0) is 12.9. The molecule has 0 radical (unpaired) electrons. The molecule has 5 heteroatoms. The van der Waals surface area contributed by atoms with Crippen molar-refractivity contribution in [3.63, 3.8) is 0 Å². The van der Waals surface area contributed by atoms with Crippen molar-refractivity contribution in [2.45, 2.75) is 32.1 Å². The molecule has 1 heterocycles. The highest BCUT2D eigenvalue weighted by Gasteiger charge is 2.60. The maximum Gasteiger partial charge on any atom is 0.303 e. The van der Waals surface area contributed by atoms with Gasteiger partial charge in [-0.05, 0) is 37.5 Å². The van der Waals surface area contributed by atoms with Crippen LogP contribution in [0.25, 0.3) is 0 Å². The van der Waals surface area contributed by atoms with Crippen molar-refractivity contribution < 1.29 is 19.5 Å². The van der Waals surface area contributed by atoms with Gasteiger partial charge in [-0.2, -0.15) is 0 Å². The smallest absolute Gasteiger partial charge is 0.303 e. The lowest BCUT2D eigenvalue weighted by atomic mass is 9.81. The first-order valence-corrected chi connectivity index (χ1v) is 6.66. The molecule has 18 heavy (non-hydrogen) atoms. The molecule has 3 rings (SSSR count). The molecule has 0 spiro atoms. The largest absolute Gasteiger partial charge is 0.481 e. The fourth-order valence-corrected chi connectivity index (χ4v) is 4.08. The Kier molecular flexibility index (Phi) is 2.64. The van der Waals surface area contributed by atoms with Gasteiger partial charge in [0.05, 0.1) is 11.8 Å². The lowest BCUT2D eigenvalue weighted by Crippen LogP contribution is -2.33. The molecule has 1 aliphatic heterocycles. The third-order valence-corrected chi connectivity index (χ3v) is 4.79. The Balaban J connectivity index is 1.69. The summed E-state index contributed by atoms with van der Waals surface area (Å²) in [7, 11) is 0. The minimum Gasteiger partial charge on any atom is -0.481 e. The van der Waals surface area contributed by atoms with Crippen LogP contribution in [0.1, 0.15) is 32.1 Å². The van der Waals surface area contributed by atoms with E-state index in [4.69, 9.17) is 5.11 Å². The van der Waals surface area contributed by atoms with Crippen LogP contribution >= 0.6 is 0 Å². The minimum absolute atomic E-state index is 0.0131. The van der Waals surface area contributed by atoms with E-state index in [1.807, 2.05) is 0 Å². The monoisotopic (exact) mass is 251 g/mol. The molecule has 4 atom stereocenters. The highest BCUT2D eigenvalue weighted by molar-refractivity contribution is 6.06. The van der Waals surface area contributed by atoms with Crippen molar-refractivity contribution in [2.24, 2.45) is 23.7 Å². The fraction of sp³-hybridized carbons (Fsp3) is 0.769. The summed E-state index contributed by atoms with van der Waals surface area (Å²) in [4.78, 5) is 36.2. The number of likely N-dealkylation sites (tertiary alicyclic amines) is 1. The number of carboxylic acids is 1. The summed E-state index contributed by atoms with van der Waals surface area (Å²) in [6.45, 7) is 0.274. The number of aliphatic carboxylic acids is 1. The Hall–Kier alpha value is -1.39. The number of amides is 2. The second-order valence-electron chi connectivity index (χ2n) is 5.71. The number of fused-ring (bicyclic) bond motifs is 5. The van der Waals surface area contributed by atoms with Gasteiger partial charge in [0.15, 0.2) is 0 Å². The van der Waals surface area contributed by atoms with Gasteiger partial charge in [0.1, 0.15) is 0 Å². The third-order valence-electron chi connectivity index (χ3n) is 4.79. The van der Waals surface area contributed by atoms with Crippen molar-refractivity contribution in [1.29, 1.82) is 0 Å². The summed E-state index contributed by atoms with van der Waals surface area (Å²) in [5.74, 6) is -0.316. The molecule has 3 aliphatic rings. The molecule has 98 valence electrons. The van der Waals surface area contributed by atoms with Crippen LogP contribution in [-0.4, -0.2) is 34.3 Å². The minimum atomic E-state index is -0.880. The Bertz CT molecular complexity index is 391. The maximum atomic E-state index is 12.2. The quantitative estimate of drug-likeness (QED) is 0.753. The zero-order valence-corrected chi connectivity index (χ0v) is 10.2. The molecular weight excluding hydrogens is 234 g/mol. The second kappa shape index (κ2) is 4.07. The number of nitrogens with zero attached hydrogens (tertiary/aromatic N) is 1. The summed E-state index contributed by atoms with van der Waals surface area (Å²) in [5.41, 5.74) is 0. The summed E-state index contributed by atoms with van der Waals surface area (Å²) >= 11 is 0. The van der Waals surface area contributed by atoms with Crippen LogP contribution in [0.4, 0.5) is 0 Å². The highest BCUT2D eigenvalue weighted by atomic mass is 16.4. The molecule has 2 amide bonds. The molecule has 1 saturated heterocycles. The van der Waals surface area contributed by atoms with Crippen LogP contribution in [-0.2, 0) is 14.4 Å². The number of imide groups is 1. The van der Waals surface area contributed by atoms with Crippen LogP contribution < -0.4 is 0 Å². The molecule has 0 aromatic heterocycles. The number of rotatable bonds is 4. The Labute approximate surface area is 105 Å². The summed E-state index contributed by atoms with van der Waals surface area (Å²) in [5, 5.41) is 8.59. The summed E-state index contributed by atoms with van der Waals surface area (Å²) in [6, 6.07) is 0. The molecule has 0 unspecified atom stereocenters. The predicted octanol–water partition coefficient (Wildman–Crippen LogP) is 0.882. The van der Waals surface area contributed by atoms with E-state index in [0.29, 0.717) is 18.3 Å². The van der Waals surface area contributed by atoms with Crippen molar-refractivity contribution in [2.75, 3.05) is 6.54 Å². The number of hydrogen-bond acceptors (Lipinski definition) is 3.